The Kier molecular flexibility index (Phi) is 4.47. The Bertz CT molecular complexity index is 918. The molecule has 0 bridgehead atoms. The smallest absolute Gasteiger partial charge is 0.345 e. The van der Waals surface area contributed by atoms with Gasteiger partial charge >= 0.3 is 5.97 Å². The van der Waals surface area contributed by atoms with Crippen LogP contribution < -0.4 is 0 Å². The Morgan fingerprint density at radius 1 is 1.15 bits per heavy atom. The number of likely N-dealkylation sites (tertiary alicyclic amines) is 1. The van der Waals surface area contributed by atoms with Crippen molar-refractivity contribution in [2.24, 2.45) is 0 Å². The number of amides is 1. The van der Waals surface area contributed by atoms with Crippen LogP contribution in [0.1, 0.15) is 43.3 Å². The van der Waals surface area contributed by atoms with E-state index in [1.165, 1.54) is 17.4 Å². The van der Waals surface area contributed by atoms with Crippen LogP contribution in [-0.2, 0) is 16.8 Å². The molecule has 4 rings (SSSR count). The number of thiophene rings is 1. The molecule has 1 fully saturated rings. The molecule has 1 saturated heterocycles. The van der Waals surface area contributed by atoms with Gasteiger partial charge in [0.15, 0.2) is 11.6 Å². The molecule has 0 radical (unpaired) electrons. The van der Waals surface area contributed by atoms with Gasteiger partial charge in [0, 0.05) is 23.5 Å². The number of carboxylic acids is 1. The average molecular weight is 393 g/mol. The van der Waals surface area contributed by atoms with Crippen LogP contribution in [0.2, 0.25) is 0 Å². The van der Waals surface area contributed by atoms with Crippen LogP contribution in [-0.4, -0.2) is 41.6 Å². The topological polar surface area (TPSA) is 66.8 Å². The van der Waals surface area contributed by atoms with Gasteiger partial charge in [-0.3, -0.25) is 4.79 Å². The molecule has 27 heavy (non-hydrogen) atoms. The van der Waals surface area contributed by atoms with Crippen molar-refractivity contribution in [3.8, 4) is 0 Å². The largest absolute Gasteiger partial charge is 0.477 e. The fourth-order valence-electron chi connectivity index (χ4n) is 3.78. The van der Waals surface area contributed by atoms with Crippen LogP contribution in [0.5, 0.6) is 0 Å². The minimum absolute atomic E-state index is 0.111. The molecule has 5 nitrogen and oxygen atoms in total. The lowest BCUT2D eigenvalue weighted by molar-refractivity contribution is -0.0906. The average Bonchev–Trinajstić information content (AvgIpc) is 3.11. The van der Waals surface area contributed by atoms with Gasteiger partial charge in [-0.15, -0.1) is 11.3 Å². The van der Waals surface area contributed by atoms with Crippen LogP contribution in [0.15, 0.2) is 24.3 Å². The lowest BCUT2D eigenvalue weighted by Crippen LogP contribution is -2.47. The molecule has 3 heterocycles. The summed E-state index contributed by atoms with van der Waals surface area (Å²) in [6.07, 6.45) is 1.75. The third-order valence-corrected chi connectivity index (χ3v) is 6.56. The van der Waals surface area contributed by atoms with E-state index in [4.69, 9.17) is 4.74 Å². The Labute approximate surface area is 158 Å². The quantitative estimate of drug-likeness (QED) is 0.849. The monoisotopic (exact) mass is 393 g/mol. The number of rotatable bonds is 2. The highest BCUT2D eigenvalue weighted by Gasteiger charge is 2.43. The molecule has 0 atom stereocenters. The Morgan fingerprint density at radius 3 is 2.56 bits per heavy atom. The third-order valence-electron chi connectivity index (χ3n) is 5.21. The summed E-state index contributed by atoms with van der Waals surface area (Å²) >= 11 is 1.24. The molecule has 2 aliphatic heterocycles. The van der Waals surface area contributed by atoms with Gasteiger partial charge in [-0.25, -0.2) is 13.6 Å². The van der Waals surface area contributed by atoms with Crippen molar-refractivity contribution in [2.75, 3.05) is 19.7 Å². The second-order valence-corrected chi connectivity index (χ2v) is 7.84. The van der Waals surface area contributed by atoms with Crippen LogP contribution in [0.25, 0.3) is 0 Å². The molecule has 2 aliphatic rings. The van der Waals surface area contributed by atoms with E-state index in [1.807, 2.05) is 0 Å². The molecule has 1 amide bonds. The summed E-state index contributed by atoms with van der Waals surface area (Å²) in [7, 11) is 0. The summed E-state index contributed by atoms with van der Waals surface area (Å²) in [6.45, 7) is 1.31. The first kappa shape index (κ1) is 18.1. The highest BCUT2D eigenvalue weighted by atomic mass is 32.1. The van der Waals surface area contributed by atoms with E-state index in [9.17, 15) is 23.5 Å². The first-order valence-corrected chi connectivity index (χ1v) is 9.46. The lowest BCUT2D eigenvalue weighted by atomic mass is 9.85. The predicted octanol–water partition coefficient (Wildman–Crippen LogP) is 3.43. The number of fused-ring (bicyclic) bond motifs is 2. The summed E-state index contributed by atoms with van der Waals surface area (Å²) in [5.41, 5.74) is 0.542. The van der Waals surface area contributed by atoms with Gasteiger partial charge in [-0.05, 0) is 49.1 Å². The zero-order chi connectivity index (χ0) is 19.2. The van der Waals surface area contributed by atoms with E-state index in [-0.39, 0.29) is 11.5 Å². The number of carboxylic acid groups (broad SMARTS) is 1. The van der Waals surface area contributed by atoms with Crippen molar-refractivity contribution in [1.82, 2.24) is 4.90 Å². The summed E-state index contributed by atoms with van der Waals surface area (Å²) in [5.74, 6) is -3.33. The highest BCUT2D eigenvalue weighted by molar-refractivity contribution is 7.14. The normalized spacial score (nSPS) is 18.4. The SMILES string of the molecule is O=C(O)c1cc2c(s1)C1(CCN(C(=O)c3ccc(F)c(F)c3)CC1)OCC2. The van der Waals surface area contributed by atoms with E-state index < -0.39 is 23.2 Å². The van der Waals surface area contributed by atoms with E-state index in [1.54, 1.807) is 11.0 Å². The molecular weight excluding hydrogens is 376 g/mol. The van der Waals surface area contributed by atoms with E-state index in [2.05, 4.69) is 0 Å². The molecule has 142 valence electrons. The number of hydrogen-bond acceptors (Lipinski definition) is 4. The Hall–Kier alpha value is -2.32. The van der Waals surface area contributed by atoms with Crippen molar-refractivity contribution in [3.05, 3.63) is 56.8 Å². The van der Waals surface area contributed by atoms with Crippen molar-refractivity contribution >= 4 is 23.2 Å². The minimum Gasteiger partial charge on any atom is -0.477 e. The number of nitrogens with zero attached hydrogens (tertiary/aromatic N) is 1. The van der Waals surface area contributed by atoms with Crippen LogP contribution in [0.4, 0.5) is 8.78 Å². The van der Waals surface area contributed by atoms with Crippen LogP contribution >= 0.6 is 11.3 Å². The maximum absolute atomic E-state index is 13.4. The van der Waals surface area contributed by atoms with Crippen LogP contribution in [0.3, 0.4) is 0 Å². The molecule has 1 aromatic carbocycles. The standard InChI is InChI=1S/C19H17F2NO4S/c20-13-2-1-12(9-14(13)21)17(23)22-6-4-19(5-7-22)16-11(3-8-26-19)10-15(27-16)18(24)25/h1-2,9-10H,3-8H2,(H,24,25). The van der Waals surface area contributed by atoms with Crippen molar-refractivity contribution in [2.45, 2.75) is 24.9 Å². The molecule has 2 aromatic rings. The van der Waals surface area contributed by atoms with E-state index >= 15 is 0 Å². The number of benzene rings is 1. The molecular formula is C19H17F2NO4S. The Balaban J connectivity index is 1.53. The number of carbonyl (C=O) groups is 2. The maximum atomic E-state index is 13.4. The molecule has 1 aromatic heterocycles. The fraction of sp³-hybridized carbons (Fsp3) is 0.368. The maximum Gasteiger partial charge on any atom is 0.345 e. The fourth-order valence-corrected chi connectivity index (χ4v) is 5.03. The summed E-state index contributed by atoms with van der Waals surface area (Å²) in [6, 6.07) is 4.85. The zero-order valence-electron chi connectivity index (χ0n) is 14.3. The number of ether oxygens (including phenoxy) is 1. The van der Waals surface area contributed by atoms with E-state index in [0.717, 1.165) is 22.6 Å². The number of carbonyl (C=O) groups excluding carboxylic acids is 1. The zero-order valence-corrected chi connectivity index (χ0v) is 15.2. The van der Waals surface area contributed by atoms with E-state index in [0.29, 0.717) is 43.8 Å². The highest BCUT2D eigenvalue weighted by Crippen LogP contribution is 2.45. The first-order chi connectivity index (χ1) is 12.9. The van der Waals surface area contributed by atoms with Gasteiger partial charge in [-0.2, -0.15) is 0 Å². The molecule has 0 aliphatic carbocycles. The first-order valence-electron chi connectivity index (χ1n) is 8.64. The number of halogens is 2. The van der Waals surface area contributed by atoms with Gasteiger partial charge in [0.05, 0.1) is 6.61 Å². The number of piperidine rings is 1. The van der Waals surface area contributed by atoms with Gasteiger partial charge in [0.2, 0.25) is 0 Å². The van der Waals surface area contributed by atoms with Crippen molar-refractivity contribution < 1.29 is 28.2 Å². The Morgan fingerprint density at radius 2 is 1.89 bits per heavy atom. The molecule has 1 N–H and O–H groups in total. The molecule has 0 saturated carbocycles. The van der Waals surface area contributed by atoms with Crippen LogP contribution in [0, 0.1) is 11.6 Å². The second kappa shape index (κ2) is 6.69. The predicted molar refractivity (Wildman–Crippen MR) is 94.1 cm³/mol. The second-order valence-electron chi connectivity index (χ2n) is 6.78. The molecule has 1 spiro atoms. The summed E-state index contributed by atoms with van der Waals surface area (Å²) < 4.78 is 32.6. The number of aromatic carboxylic acids is 1. The van der Waals surface area contributed by atoms with Gasteiger partial charge in [0.1, 0.15) is 10.5 Å². The number of hydrogen-bond donors (Lipinski definition) is 1. The van der Waals surface area contributed by atoms with Gasteiger partial charge < -0.3 is 14.7 Å². The van der Waals surface area contributed by atoms with Gasteiger partial charge in [0.25, 0.3) is 5.91 Å². The lowest BCUT2D eigenvalue weighted by Gasteiger charge is -2.43. The van der Waals surface area contributed by atoms with Crippen molar-refractivity contribution in [3.63, 3.8) is 0 Å². The van der Waals surface area contributed by atoms with Crippen molar-refractivity contribution in [1.29, 1.82) is 0 Å². The summed E-state index contributed by atoms with van der Waals surface area (Å²) in [5, 5.41) is 9.26. The third kappa shape index (κ3) is 3.12. The minimum atomic E-state index is -1.05. The van der Waals surface area contributed by atoms with Gasteiger partial charge in [-0.1, -0.05) is 0 Å². The summed E-state index contributed by atoms with van der Waals surface area (Å²) in [4.78, 5) is 26.7. The molecule has 8 heteroatoms. The molecule has 0 unspecified atom stereocenters.